The van der Waals surface area contributed by atoms with Gasteiger partial charge < -0.3 is 9.47 Å². The Morgan fingerprint density at radius 2 is 1.82 bits per heavy atom. The normalized spacial score (nSPS) is 10.9. The molecule has 4 rings (SSSR count). The van der Waals surface area contributed by atoms with Gasteiger partial charge in [-0.05, 0) is 41.5 Å². The number of carbonyl (C=O) groups excluding carboxylic acids is 2. The number of hydrogen-bond acceptors (Lipinski definition) is 6. The lowest BCUT2D eigenvalue weighted by Gasteiger charge is -2.13. The van der Waals surface area contributed by atoms with Gasteiger partial charge in [-0.25, -0.2) is 4.39 Å². The van der Waals surface area contributed by atoms with Gasteiger partial charge in [0.2, 0.25) is 0 Å². The van der Waals surface area contributed by atoms with E-state index < -0.39 is 5.82 Å². The molecule has 4 aromatic rings. The fourth-order valence-corrected chi connectivity index (χ4v) is 3.75. The monoisotopic (exact) mass is 461 g/mol. The van der Waals surface area contributed by atoms with Crippen LogP contribution in [0.25, 0.3) is 10.9 Å². The lowest BCUT2D eigenvalue weighted by Crippen LogP contribution is -2.06. The number of Topliss-reactive ketones (excluding diaryl/α,β-unsaturated/α-hetero) is 2. The van der Waals surface area contributed by atoms with Crippen molar-refractivity contribution in [1.82, 2.24) is 14.8 Å². The van der Waals surface area contributed by atoms with E-state index in [0.717, 1.165) is 5.56 Å². The molecule has 0 bridgehead atoms. The molecule has 0 atom stereocenters. The molecular formula is C26H24FN3O4. The van der Waals surface area contributed by atoms with Crippen molar-refractivity contribution in [2.75, 3.05) is 7.11 Å². The number of aryl methyl sites for hydroxylation is 1. The summed E-state index contributed by atoms with van der Waals surface area (Å²) in [5.74, 6) is 0.112. The summed E-state index contributed by atoms with van der Waals surface area (Å²) in [6.45, 7) is 1.78. The Morgan fingerprint density at radius 1 is 1.03 bits per heavy atom. The highest BCUT2D eigenvalue weighted by Crippen LogP contribution is 2.35. The molecule has 2 heterocycles. The van der Waals surface area contributed by atoms with Crippen LogP contribution in [0.3, 0.4) is 0 Å². The molecule has 0 unspecified atom stereocenters. The van der Waals surface area contributed by atoms with Crippen molar-refractivity contribution in [2.45, 2.75) is 26.2 Å². The predicted molar refractivity (Wildman–Crippen MR) is 125 cm³/mol. The zero-order valence-electron chi connectivity index (χ0n) is 19.2. The number of hydrogen-bond donors (Lipinski definition) is 0. The third-order valence-electron chi connectivity index (χ3n) is 5.42. The third-order valence-corrected chi connectivity index (χ3v) is 5.42. The molecule has 0 N–H and O–H groups in total. The first kappa shape index (κ1) is 23.1. The van der Waals surface area contributed by atoms with Crippen molar-refractivity contribution >= 4 is 22.5 Å². The Balaban J connectivity index is 1.56. The standard InChI is InChI=1S/C26H24FN3O4/c1-4-23(32)20-12-22-19(13-26(20)33-3)24(7-8-28-22)34-25-6-5-16(11-21(25)27)9-18(31)10-17-14-29-30(2)15-17/h5-8,11-15H,4,9-10H2,1-3H3. The molecule has 2 aromatic heterocycles. The van der Waals surface area contributed by atoms with Crippen LogP contribution in [0.2, 0.25) is 0 Å². The molecule has 0 saturated heterocycles. The molecule has 7 nitrogen and oxygen atoms in total. The molecule has 0 aliphatic heterocycles. The van der Waals surface area contributed by atoms with E-state index in [1.54, 1.807) is 55.3 Å². The Kier molecular flexibility index (Phi) is 6.67. The van der Waals surface area contributed by atoms with Gasteiger partial charge in [-0.2, -0.15) is 5.10 Å². The van der Waals surface area contributed by atoms with Crippen LogP contribution >= 0.6 is 0 Å². The summed E-state index contributed by atoms with van der Waals surface area (Å²) in [4.78, 5) is 28.9. The number of benzene rings is 2. The second-order valence-corrected chi connectivity index (χ2v) is 7.94. The fourth-order valence-electron chi connectivity index (χ4n) is 3.75. The van der Waals surface area contributed by atoms with Crippen LogP contribution in [-0.4, -0.2) is 33.4 Å². The third kappa shape index (κ3) is 4.96. The van der Waals surface area contributed by atoms with Gasteiger partial charge in [-0.1, -0.05) is 13.0 Å². The highest BCUT2D eigenvalue weighted by molar-refractivity contribution is 6.03. The maximum atomic E-state index is 14.8. The van der Waals surface area contributed by atoms with Gasteiger partial charge in [-0.3, -0.25) is 19.3 Å². The van der Waals surface area contributed by atoms with Crippen molar-refractivity contribution in [3.8, 4) is 17.2 Å². The second-order valence-electron chi connectivity index (χ2n) is 7.94. The van der Waals surface area contributed by atoms with E-state index >= 15 is 0 Å². The van der Waals surface area contributed by atoms with Crippen LogP contribution in [0.5, 0.6) is 17.2 Å². The van der Waals surface area contributed by atoms with E-state index in [9.17, 15) is 14.0 Å². The van der Waals surface area contributed by atoms with Crippen LogP contribution in [0.4, 0.5) is 4.39 Å². The summed E-state index contributed by atoms with van der Waals surface area (Å²) in [6, 6.07) is 9.42. The van der Waals surface area contributed by atoms with Crippen LogP contribution in [0.1, 0.15) is 34.8 Å². The number of halogens is 1. The SMILES string of the molecule is CCC(=O)c1cc2nccc(Oc3ccc(CC(=O)Cc4cnn(C)c4)cc3F)c2cc1OC. The number of nitrogens with zero attached hydrogens (tertiary/aromatic N) is 3. The minimum absolute atomic E-state index is 0.0173. The van der Waals surface area contributed by atoms with E-state index in [0.29, 0.717) is 39.9 Å². The van der Waals surface area contributed by atoms with Crippen LogP contribution in [0.15, 0.2) is 55.0 Å². The first-order chi connectivity index (χ1) is 16.4. The van der Waals surface area contributed by atoms with Crippen molar-refractivity contribution in [2.24, 2.45) is 7.05 Å². The van der Waals surface area contributed by atoms with Crippen LogP contribution < -0.4 is 9.47 Å². The number of pyridine rings is 1. The summed E-state index contributed by atoms with van der Waals surface area (Å²) in [7, 11) is 3.27. The number of fused-ring (bicyclic) bond motifs is 1. The summed E-state index contributed by atoms with van der Waals surface area (Å²) in [6.07, 6.45) is 5.64. The van der Waals surface area contributed by atoms with E-state index in [4.69, 9.17) is 9.47 Å². The molecule has 8 heteroatoms. The number of aromatic nitrogens is 3. The molecule has 0 fully saturated rings. The minimum atomic E-state index is -0.582. The predicted octanol–water partition coefficient (Wildman–Crippen LogP) is 4.86. The van der Waals surface area contributed by atoms with E-state index in [-0.39, 0.29) is 30.2 Å². The molecule has 174 valence electrons. The van der Waals surface area contributed by atoms with Crippen LogP contribution in [-0.2, 0) is 24.7 Å². The number of rotatable bonds is 9. The second kappa shape index (κ2) is 9.82. The molecular weight excluding hydrogens is 437 g/mol. The highest BCUT2D eigenvalue weighted by Gasteiger charge is 2.16. The maximum absolute atomic E-state index is 14.8. The Hall–Kier alpha value is -4.07. The molecule has 2 aromatic carbocycles. The molecule has 34 heavy (non-hydrogen) atoms. The van der Waals surface area contributed by atoms with E-state index in [1.165, 1.54) is 25.4 Å². The first-order valence-electron chi connectivity index (χ1n) is 10.8. The Morgan fingerprint density at radius 3 is 2.50 bits per heavy atom. The summed E-state index contributed by atoms with van der Waals surface area (Å²) < 4.78 is 27.7. The molecule has 0 spiro atoms. The van der Waals surface area contributed by atoms with Gasteiger partial charge in [0.25, 0.3) is 0 Å². The maximum Gasteiger partial charge on any atom is 0.166 e. The average molecular weight is 461 g/mol. The summed E-state index contributed by atoms with van der Waals surface area (Å²) in [5, 5.41) is 4.64. The van der Waals surface area contributed by atoms with Crippen LogP contribution in [0, 0.1) is 5.82 Å². The summed E-state index contributed by atoms with van der Waals surface area (Å²) in [5.41, 5.74) is 2.35. The molecule has 0 amide bonds. The lowest BCUT2D eigenvalue weighted by molar-refractivity contribution is -0.117. The fraction of sp³-hybridized carbons (Fsp3) is 0.231. The zero-order chi connectivity index (χ0) is 24.2. The van der Waals surface area contributed by atoms with Gasteiger partial charge in [0, 0.05) is 44.1 Å². The minimum Gasteiger partial charge on any atom is -0.496 e. The Bertz CT molecular complexity index is 1380. The largest absolute Gasteiger partial charge is 0.496 e. The van der Waals surface area contributed by atoms with Gasteiger partial charge in [0.1, 0.15) is 17.3 Å². The van der Waals surface area contributed by atoms with Gasteiger partial charge in [0.15, 0.2) is 17.3 Å². The van der Waals surface area contributed by atoms with Crippen molar-refractivity contribution in [3.63, 3.8) is 0 Å². The topological polar surface area (TPSA) is 83.3 Å². The first-order valence-corrected chi connectivity index (χ1v) is 10.8. The lowest BCUT2D eigenvalue weighted by atomic mass is 10.0. The average Bonchev–Trinajstić information content (AvgIpc) is 3.23. The number of ketones is 2. The number of carbonyl (C=O) groups is 2. The Labute approximate surface area is 196 Å². The molecule has 0 aliphatic carbocycles. The van der Waals surface area contributed by atoms with Crippen molar-refractivity contribution in [3.05, 3.63) is 77.5 Å². The van der Waals surface area contributed by atoms with Gasteiger partial charge in [-0.15, -0.1) is 0 Å². The highest BCUT2D eigenvalue weighted by atomic mass is 19.1. The van der Waals surface area contributed by atoms with Crippen molar-refractivity contribution < 1.29 is 23.5 Å². The number of ether oxygens (including phenoxy) is 2. The summed E-state index contributed by atoms with van der Waals surface area (Å²) >= 11 is 0. The van der Waals surface area contributed by atoms with E-state index in [1.807, 2.05) is 0 Å². The van der Waals surface area contributed by atoms with Gasteiger partial charge in [0.05, 0.1) is 24.4 Å². The van der Waals surface area contributed by atoms with E-state index in [2.05, 4.69) is 10.1 Å². The van der Waals surface area contributed by atoms with Gasteiger partial charge >= 0.3 is 0 Å². The molecule has 0 saturated carbocycles. The van der Waals surface area contributed by atoms with Crippen molar-refractivity contribution in [1.29, 1.82) is 0 Å². The molecule has 0 aliphatic rings. The molecule has 0 radical (unpaired) electrons. The zero-order valence-corrected chi connectivity index (χ0v) is 19.2. The number of methoxy groups -OCH3 is 1. The quantitative estimate of drug-likeness (QED) is 0.331. The smallest absolute Gasteiger partial charge is 0.166 e.